The van der Waals surface area contributed by atoms with Crippen LogP contribution in [0, 0.1) is 10.1 Å². The summed E-state index contributed by atoms with van der Waals surface area (Å²) in [7, 11) is 1.58. The van der Waals surface area contributed by atoms with Crippen molar-refractivity contribution < 1.29 is 19.2 Å². The van der Waals surface area contributed by atoms with Gasteiger partial charge in [0.1, 0.15) is 5.75 Å². The van der Waals surface area contributed by atoms with E-state index in [1.807, 2.05) is 6.07 Å². The van der Waals surface area contributed by atoms with Gasteiger partial charge in [-0.2, -0.15) is 0 Å². The second-order valence-corrected chi connectivity index (χ2v) is 5.92. The molecule has 140 valence electrons. The van der Waals surface area contributed by atoms with Gasteiger partial charge >= 0.3 is 5.97 Å². The van der Waals surface area contributed by atoms with Crippen LogP contribution in [0.1, 0.15) is 20.7 Å². The van der Waals surface area contributed by atoms with E-state index in [1.165, 1.54) is 29.2 Å². The Hall–Kier alpha value is -4.00. The van der Waals surface area contributed by atoms with Gasteiger partial charge in [0, 0.05) is 30.4 Å². The summed E-state index contributed by atoms with van der Waals surface area (Å²) in [6, 6.07) is 20.5. The lowest BCUT2D eigenvalue weighted by Crippen LogP contribution is -2.26. The number of carbonyl (C=O) groups excluding carboxylic acids is 2. The Bertz CT molecular complexity index is 999. The number of ether oxygens (including phenoxy) is 1. The molecular weight excluding hydrogens is 360 g/mol. The third kappa shape index (κ3) is 4.21. The lowest BCUT2D eigenvalue weighted by molar-refractivity contribution is -0.384. The van der Waals surface area contributed by atoms with Gasteiger partial charge in [0.15, 0.2) is 0 Å². The number of esters is 1. The molecule has 7 nitrogen and oxygen atoms in total. The van der Waals surface area contributed by atoms with E-state index < -0.39 is 10.9 Å². The van der Waals surface area contributed by atoms with Gasteiger partial charge in [0.2, 0.25) is 0 Å². The summed E-state index contributed by atoms with van der Waals surface area (Å²) in [6.07, 6.45) is 0. The molecule has 28 heavy (non-hydrogen) atoms. The standard InChI is InChI=1S/C21H16N2O5/c1-22(20(24)15-7-13-18(14-8-15)23(26)27)17-11-9-16(10-12-17)21(25)28-19-5-3-2-4-6-19/h2-14H,1H3. The van der Waals surface area contributed by atoms with Crippen molar-refractivity contribution >= 4 is 23.3 Å². The normalized spacial score (nSPS) is 10.2. The van der Waals surface area contributed by atoms with Crippen LogP contribution in [0.5, 0.6) is 5.75 Å². The van der Waals surface area contributed by atoms with Crippen LogP contribution in [0.3, 0.4) is 0 Å². The Labute approximate surface area is 160 Å². The van der Waals surface area contributed by atoms with Gasteiger partial charge in [0.05, 0.1) is 10.5 Å². The first-order valence-electron chi connectivity index (χ1n) is 8.35. The quantitative estimate of drug-likeness (QED) is 0.290. The highest BCUT2D eigenvalue weighted by atomic mass is 16.6. The van der Waals surface area contributed by atoms with Crippen molar-refractivity contribution in [3.8, 4) is 5.75 Å². The lowest BCUT2D eigenvalue weighted by atomic mass is 10.1. The van der Waals surface area contributed by atoms with Crippen LogP contribution in [0.15, 0.2) is 78.9 Å². The lowest BCUT2D eigenvalue weighted by Gasteiger charge is -2.17. The first kappa shape index (κ1) is 18.8. The minimum Gasteiger partial charge on any atom is -0.423 e. The molecular formula is C21H16N2O5. The monoisotopic (exact) mass is 376 g/mol. The Morgan fingerprint density at radius 1 is 0.857 bits per heavy atom. The SMILES string of the molecule is CN(C(=O)c1ccc([N+](=O)[O-])cc1)c1ccc(C(=O)Oc2ccccc2)cc1. The van der Waals surface area contributed by atoms with Gasteiger partial charge in [-0.1, -0.05) is 18.2 Å². The molecule has 0 aliphatic heterocycles. The Morgan fingerprint density at radius 3 is 2.00 bits per heavy atom. The molecule has 0 fully saturated rings. The van der Waals surface area contributed by atoms with Crippen molar-refractivity contribution in [2.24, 2.45) is 0 Å². The molecule has 0 bridgehead atoms. The van der Waals surface area contributed by atoms with Gasteiger partial charge in [-0.15, -0.1) is 0 Å². The molecule has 0 spiro atoms. The highest BCUT2D eigenvalue weighted by Gasteiger charge is 2.16. The fourth-order valence-corrected chi connectivity index (χ4v) is 2.51. The molecule has 0 saturated heterocycles. The van der Waals surface area contributed by atoms with E-state index in [1.54, 1.807) is 55.6 Å². The van der Waals surface area contributed by atoms with Crippen LogP contribution in [0.2, 0.25) is 0 Å². The van der Waals surface area contributed by atoms with Crippen LogP contribution >= 0.6 is 0 Å². The van der Waals surface area contributed by atoms with Crippen molar-refractivity contribution in [3.05, 3.63) is 100 Å². The third-order valence-electron chi connectivity index (χ3n) is 4.07. The predicted molar refractivity (Wildman–Crippen MR) is 104 cm³/mol. The van der Waals surface area contributed by atoms with Gasteiger partial charge in [-0.05, 0) is 48.5 Å². The number of hydrogen-bond acceptors (Lipinski definition) is 5. The fourth-order valence-electron chi connectivity index (χ4n) is 2.51. The average molecular weight is 376 g/mol. The van der Waals surface area contributed by atoms with Gasteiger partial charge < -0.3 is 9.64 Å². The highest BCUT2D eigenvalue weighted by Crippen LogP contribution is 2.19. The zero-order chi connectivity index (χ0) is 20.1. The van der Waals surface area contributed by atoms with E-state index >= 15 is 0 Å². The molecule has 3 rings (SSSR count). The molecule has 3 aromatic rings. The summed E-state index contributed by atoms with van der Waals surface area (Å²) >= 11 is 0. The number of carbonyl (C=O) groups is 2. The van der Waals surface area contributed by atoms with Crippen LogP contribution in [-0.2, 0) is 0 Å². The van der Waals surface area contributed by atoms with Crippen molar-refractivity contribution in [3.63, 3.8) is 0 Å². The van der Waals surface area contributed by atoms with Crippen molar-refractivity contribution in [2.45, 2.75) is 0 Å². The molecule has 0 radical (unpaired) electrons. The summed E-state index contributed by atoms with van der Waals surface area (Å²) in [5.74, 6) is -0.376. The van der Waals surface area contributed by atoms with Crippen LogP contribution in [0.4, 0.5) is 11.4 Å². The number of hydrogen-bond donors (Lipinski definition) is 0. The number of rotatable bonds is 5. The molecule has 0 aliphatic carbocycles. The van der Waals surface area contributed by atoms with Gasteiger partial charge in [-0.3, -0.25) is 14.9 Å². The number of amides is 1. The summed E-state index contributed by atoms with van der Waals surface area (Å²) in [4.78, 5) is 36.3. The summed E-state index contributed by atoms with van der Waals surface area (Å²) in [5, 5.41) is 10.7. The molecule has 0 unspecified atom stereocenters. The molecule has 7 heteroatoms. The Morgan fingerprint density at radius 2 is 1.43 bits per heavy atom. The molecule has 0 aromatic heterocycles. The Balaban J connectivity index is 1.70. The molecule has 0 atom stereocenters. The predicted octanol–water partition coefficient (Wildman–Crippen LogP) is 4.09. The first-order valence-corrected chi connectivity index (χ1v) is 8.35. The van der Waals surface area contributed by atoms with E-state index in [0.717, 1.165) is 0 Å². The van der Waals surface area contributed by atoms with Crippen molar-refractivity contribution in [2.75, 3.05) is 11.9 Å². The smallest absolute Gasteiger partial charge is 0.343 e. The van der Waals surface area contributed by atoms with Gasteiger partial charge in [-0.25, -0.2) is 4.79 Å². The fraction of sp³-hybridized carbons (Fsp3) is 0.0476. The number of benzene rings is 3. The zero-order valence-electron chi connectivity index (χ0n) is 14.9. The molecule has 3 aromatic carbocycles. The number of para-hydroxylation sites is 1. The topological polar surface area (TPSA) is 89.8 Å². The summed E-state index contributed by atoms with van der Waals surface area (Å²) in [6.45, 7) is 0. The minimum atomic E-state index is -0.523. The van der Waals surface area contributed by atoms with Crippen LogP contribution < -0.4 is 9.64 Å². The zero-order valence-corrected chi connectivity index (χ0v) is 14.9. The van der Waals surface area contributed by atoms with E-state index in [4.69, 9.17) is 4.74 Å². The maximum Gasteiger partial charge on any atom is 0.343 e. The third-order valence-corrected chi connectivity index (χ3v) is 4.07. The van der Waals surface area contributed by atoms with E-state index in [2.05, 4.69) is 0 Å². The molecule has 0 N–H and O–H groups in total. The van der Waals surface area contributed by atoms with Crippen molar-refractivity contribution in [1.82, 2.24) is 0 Å². The molecule has 0 heterocycles. The average Bonchev–Trinajstić information content (AvgIpc) is 2.73. The largest absolute Gasteiger partial charge is 0.423 e. The number of non-ortho nitro benzene ring substituents is 1. The van der Waals surface area contributed by atoms with E-state index in [-0.39, 0.29) is 11.6 Å². The minimum absolute atomic E-state index is 0.0829. The number of nitrogens with zero attached hydrogens (tertiary/aromatic N) is 2. The number of anilines is 1. The summed E-state index contributed by atoms with van der Waals surface area (Å²) < 4.78 is 5.27. The highest BCUT2D eigenvalue weighted by molar-refractivity contribution is 6.06. The second kappa shape index (κ2) is 8.13. The molecule has 1 amide bonds. The maximum absolute atomic E-state index is 12.6. The molecule has 0 aliphatic rings. The van der Waals surface area contributed by atoms with E-state index in [9.17, 15) is 19.7 Å². The van der Waals surface area contributed by atoms with Crippen LogP contribution in [-0.4, -0.2) is 23.8 Å². The number of nitro groups is 1. The number of nitro benzene ring substituents is 1. The molecule has 0 saturated carbocycles. The first-order chi connectivity index (χ1) is 13.5. The Kier molecular flexibility index (Phi) is 5.45. The van der Waals surface area contributed by atoms with Gasteiger partial charge in [0.25, 0.3) is 11.6 Å². The maximum atomic E-state index is 12.6. The summed E-state index contributed by atoms with van der Waals surface area (Å²) in [5.41, 5.74) is 1.16. The van der Waals surface area contributed by atoms with E-state index in [0.29, 0.717) is 22.6 Å². The second-order valence-electron chi connectivity index (χ2n) is 5.92. The van der Waals surface area contributed by atoms with Crippen molar-refractivity contribution in [1.29, 1.82) is 0 Å². The van der Waals surface area contributed by atoms with Crippen LogP contribution in [0.25, 0.3) is 0 Å².